The van der Waals surface area contributed by atoms with Gasteiger partial charge in [-0.05, 0) is 42.0 Å². The molecule has 13 nitrogen and oxygen atoms in total. The Labute approximate surface area is 209 Å². The van der Waals surface area contributed by atoms with Crippen LogP contribution in [0.25, 0.3) is 11.2 Å². The number of hydrogen-bond acceptors (Lipinski definition) is 9. The molecule has 4 atom stereocenters. The minimum absolute atomic E-state index is 0.0614. The van der Waals surface area contributed by atoms with Crippen LogP contribution in [0, 0.1) is 5.92 Å². The molecule has 3 aromatic rings. The summed E-state index contributed by atoms with van der Waals surface area (Å²) in [6, 6.07) is 6.70. The summed E-state index contributed by atoms with van der Waals surface area (Å²) in [6.45, 7) is 0.0740. The minimum atomic E-state index is -4.73. The van der Waals surface area contributed by atoms with Crippen molar-refractivity contribution in [2.75, 3.05) is 17.8 Å². The molecule has 0 aliphatic heterocycles. The maximum Gasteiger partial charge on any atom is 0.340 e. The molecule has 0 spiro atoms. The first-order valence-corrected chi connectivity index (χ1v) is 14.7. The van der Waals surface area contributed by atoms with Crippen LogP contribution >= 0.6 is 38.4 Å². The quantitative estimate of drug-likeness (QED) is 0.188. The lowest BCUT2D eigenvalue weighted by atomic mass is 10.1. The maximum atomic E-state index is 11.9. The molecule has 0 amide bonds. The van der Waals surface area contributed by atoms with Crippen molar-refractivity contribution in [2.45, 2.75) is 31.5 Å². The van der Waals surface area contributed by atoms with Crippen LogP contribution < -0.4 is 5.32 Å². The molecular weight excluding hydrogens is 545 g/mol. The summed E-state index contributed by atoms with van der Waals surface area (Å²) in [5, 5.41) is 22.5. The fourth-order valence-electron chi connectivity index (χ4n) is 3.96. The summed E-state index contributed by atoms with van der Waals surface area (Å²) >= 11 is 12.3. The SMILES string of the molecule is O=P(O)(O)CP(=O)(O)OC[C@@H]1C[C@@H](O)[C@H](n2nnc3c(NCc4ccccc4Cl)nc(Cl)nc32)C1. The van der Waals surface area contributed by atoms with E-state index in [4.69, 9.17) is 37.5 Å². The molecule has 0 radical (unpaired) electrons. The normalized spacial score (nSPS) is 22.4. The molecule has 5 N–H and O–H groups in total. The molecule has 4 rings (SSSR count). The molecule has 2 heterocycles. The average molecular weight is 567 g/mol. The van der Waals surface area contributed by atoms with Gasteiger partial charge in [-0.3, -0.25) is 9.13 Å². The van der Waals surface area contributed by atoms with E-state index in [1.807, 2.05) is 18.2 Å². The number of hydrogen-bond donors (Lipinski definition) is 5. The predicted molar refractivity (Wildman–Crippen MR) is 127 cm³/mol. The van der Waals surface area contributed by atoms with Gasteiger partial charge in [-0.25, -0.2) is 4.68 Å². The number of benzene rings is 1. The third kappa shape index (κ3) is 6.56. The maximum absolute atomic E-state index is 11.9. The molecule has 1 aromatic carbocycles. The lowest BCUT2D eigenvalue weighted by Gasteiger charge is -2.16. The molecule has 1 aliphatic carbocycles. The van der Waals surface area contributed by atoms with Crippen LogP contribution in [0.5, 0.6) is 0 Å². The smallest absolute Gasteiger partial charge is 0.340 e. The van der Waals surface area contributed by atoms with E-state index in [-0.39, 0.29) is 29.9 Å². The lowest BCUT2D eigenvalue weighted by molar-refractivity contribution is 0.127. The van der Waals surface area contributed by atoms with Gasteiger partial charge in [0.25, 0.3) is 0 Å². The Morgan fingerprint density at radius 2 is 1.89 bits per heavy atom. The van der Waals surface area contributed by atoms with Gasteiger partial charge in [-0.1, -0.05) is 35.0 Å². The number of nitrogens with one attached hydrogen (secondary N) is 1. The second-order valence-corrected chi connectivity index (χ2v) is 12.9. The minimum Gasteiger partial charge on any atom is -0.391 e. The Kier molecular flexibility index (Phi) is 7.82. The summed E-state index contributed by atoms with van der Waals surface area (Å²) in [5.41, 5.74) is 1.44. The summed E-state index contributed by atoms with van der Waals surface area (Å²) in [4.78, 5) is 35.9. The zero-order valence-electron chi connectivity index (χ0n) is 18.0. The highest BCUT2D eigenvalue weighted by atomic mass is 35.5. The van der Waals surface area contributed by atoms with Gasteiger partial charge in [-0.15, -0.1) is 5.10 Å². The lowest BCUT2D eigenvalue weighted by Crippen LogP contribution is -2.19. The van der Waals surface area contributed by atoms with Crippen molar-refractivity contribution < 1.29 is 33.4 Å². The van der Waals surface area contributed by atoms with Crippen molar-refractivity contribution in [3.05, 3.63) is 40.1 Å². The van der Waals surface area contributed by atoms with Crippen LogP contribution in [-0.2, 0) is 20.2 Å². The second kappa shape index (κ2) is 10.4. The third-order valence-electron chi connectivity index (χ3n) is 5.48. The fourth-order valence-corrected chi connectivity index (χ4v) is 6.96. The van der Waals surface area contributed by atoms with E-state index >= 15 is 0 Å². The fraction of sp³-hybridized carbons (Fsp3) is 0.444. The highest BCUT2D eigenvalue weighted by Gasteiger charge is 2.39. The first-order valence-electron chi connectivity index (χ1n) is 10.4. The van der Waals surface area contributed by atoms with Crippen LogP contribution in [-0.4, -0.2) is 63.4 Å². The average Bonchev–Trinajstić information content (AvgIpc) is 3.32. The molecule has 2 aromatic heterocycles. The number of aromatic nitrogens is 5. The Morgan fingerprint density at radius 3 is 2.60 bits per heavy atom. The zero-order chi connectivity index (χ0) is 25.4. The molecule has 190 valence electrons. The van der Waals surface area contributed by atoms with Crippen LogP contribution in [0.15, 0.2) is 24.3 Å². The number of rotatable bonds is 9. The van der Waals surface area contributed by atoms with Gasteiger partial charge in [0, 0.05) is 11.6 Å². The van der Waals surface area contributed by atoms with Gasteiger partial charge in [0.15, 0.2) is 22.9 Å². The Morgan fingerprint density at radius 1 is 1.14 bits per heavy atom. The number of fused-ring (bicyclic) bond motifs is 1. The Hall–Kier alpha value is -1.66. The van der Waals surface area contributed by atoms with Crippen LogP contribution in [0.1, 0.15) is 24.4 Å². The monoisotopic (exact) mass is 566 g/mol. The van der Waals surface area contributed by atoms with E-state index in [1.54, 1.807) is 6.07 Å². The molecule has 17 heteroatoms. The molecule has 1 aliphatic rings. The summed E-state index contributed by atoms with van der Waals surface area (Å²) in [7, 11) is -9.22. The number of halogens is 2. The van der Waals surface area contributed by atoms with Gasteiger partial charge in [0.2, 0.25) is 5.28 Å². The van der Waals surface area contributed by atoms with Gasteiger partial charge in [-0.2, -0.15) is 9.97 Å². The van der Waals surface area contributed by atoms with E-state index in [2.05, 4.69) is 25.6 Å². The highest BCUT2D eigenvalue weighted by Crippen LogP contribution is 2.56. The molecule has 0 bridgehead atoms. The van der Waals surface area contributed by atoms with Crippen molar-refractivity contribution in [2.24, 2.45) is 5.92 Å². The molecule has 35 heavy (non-hydrogen) atoms. The van der Waals surface area contributed by atoms with Crippen molar-refractivity contribution in [3.63, 3.8) is 0 Å². The highest BCUT2D eigenvalue weighted by molar-refractivity contribution is 7.70. The number of nitrogens with zero attached hydrogens (tertiary/aromatic N) is 5. The first kappa shape index (κ1) is 26.4. The van der Waals surface area contributed by atoms with Gasteiger partial charge < -0.3 is 29.6 Å². The molecule has 1 fully saturated rings. The van der Waals surface area contributed by atoms with Crippen LogP contribution in [0.3, 0.4) is 0 Å². The first-order chi connectivity index (χ1) is 16.4. The molecule has 0 saturated heterocycles. The van der Waals surface area contributed by atoms with Crippen molar-refractivity contribution in [1.82, 2.24) is 25.0 Å². The van der Waals surface area contributed by atoms with E-state index in [1.165, 1.54) is 4.68 Å². The number of anilines is 1. The second-order valence-electron chi connectivity index (χ2n) is 8.20. The topological polar surface area (TPSA) is 193 Å². The van der Waals surface area contributed by atoms with Gasteiger partial charge in [0.1, 0.15) is 0 Å². The molecular formula is C18H22Cl2N6O7P2. The predicted octanol–water partition coefficient (Wildman–Crippen LogP) is 2.79. The molecule has 1 saturated carbocycles. The van der Waals surface area contributed by atoms with Gasteiger partial charge in [0.05, 0.1) is 18.8 Å². The van der Waals surface area contributed by atoms with E-state index in [9.17, 15) is 19.1 Å². The summed E-state index contributed by atoms with van der Waals surface area (Å²) < 4.78 is 29.3. The zero-order valence-corrected chi connectivity index (χ0v) is 21.3. The van der Waals surface area contributed by atoms with Gasteiger partial charge >= 0.3 is 15.2 Å². The van der Waals surface area contributed by atoms with E-state index in [0.29, 0.717) is 29.3 Å². The number of aliphatic hydroxyl groups is 1. The standard InChI is InChI=1S/C18H22Cl2N6O7P2/c19-12-4-2-1-3-11(12)7-21-16-15-17(23-18(20)22-16)26(25-24-15)13-5-10(6-14(13)27)8-33-35(31,32)9-34(28,29)30/h1-4,10,13-14,27H,5-9H2,(H,31,32)(H,21,22,23)(H2,28,29,30)/t10-,13+,14+/m0/s1. The van der Waals surface area contributed by atoms with Crippen LogP contribution in [0.2, 0.25) is 10.3 Å². The van der Waals surface area contributed by atoms with Crippen molar-refractivity contribution >= 4 is 55.4 Å². The van der Waals surface area contributed by atoms with Crippen LogP contribution in [0.4, 0.5) is 5.82 Å². The van der Waals surface area contributed by atoms with Crippen molar-refractivity contribution in [1.29, 1.82) is 0 Å². The Bertz CT molecular complexity index is 1320. The summed E-state index contributed by atoms with van der Waals surface area (Å²) in [5.74, 6) is -1.31. The van der Waals surface area contributed by atoms with E-state index in [0.717, 1.165) is 5.56 Å². The summed E-state index contributed by atoms with van der Waals surface area (Å²) in [6.07, 6.45) is -0.403. The largest absolute Gasteiger partial charge is 0.391 e. The van der Waals surface area contributed by atoms with E-state index < -0.39 is 33.2 Å². The third-order valence-corrected chi connectivity index (χ3v) is 9.48. The number of aliphatic hydroxyl groups excluding tert-OH is 1. The Balaban J connectivity index is 1.49. The van der Waals surface area contributed by atoms with Crippen molar-refractivity contribution in [3.8, 4) is 0 Å². The molecule has 1 unspecified atom stereocenters.